The largest absolute Gasteiger partial charge is 0.487 e. The molecule has 3 aliphatic rings. The minimum absolute atomic E-state index is 0.0230. The SMILES string of the molecule is COC(=O)C[C@@H]1C[C@@H]2c3cc(NC(=O)NC4CCCC4)ccc3O[C@@H]2[C@H](CO)O1. The molecule has 4 atom stereocenters. The molecule has 0 aromatic heterocycles. The number of amides is 2. The summed E-state index contributed by atoms with van der Waals surface area (Å²) in [5.74, 6) is 0.357. The summed E-state index contributed by atoms with van der Waals surface area (Å²) in [5.41, 5.74) is 1.66. The smallest absolute Gasteiger partial charge is 0.319 e. The Kier molecular flexibility index (Phi) is 5.91. The van der Waals surface area contributed by atoms with Crippen molar-refractivity contribution in [2.75, 3.05) is 19.0 Å². The Labute approximate surface area is 169 Å². The highest BCUT2D eigenvalue weighted by molar-refractivity contribution is 5.89. The van der Waals surface area contributed by atoms with E-state index in [1.165, 1.54) is 7.11 Å². The van der Waals surface area contributed by atoms with Gasteiger partial charge in [0.1, 0.15) is 18.0 Å². The Hall–Kier alpha value is -2.32. The van der Waals surface area contributed by atoms with E-state index in [2.05, 4.69) is 10.6 Å². The quantitative estimate of drug-likeness (QED) is 0.651. The van der Waals surface area contributed by atoms with Crippen LogP contribution in [0.25, 0.3) is 0 Å². The van der Waals surface area contributed by atoms with Gasteiger partial charge in [-0.3, -0.25) is 4.79 Å². The van der Waals surface area contributed by atoms with Gasteiger partial charge in [0.25, 0.3) is 0 Å². The van der Waals surface area contributed by atoms with Crippen LogP contribution in [0.2, 0.25) is 0 Å². The molecule has 2 aliphatic heterocycles. The lowest BCUT2D eigenvalue weighted by Gasteiger charge is -2.36. The molecule has 0 radical (unpaired) electrons. The number of fused-ring (bicyclic) bond motifs is 3. The Balaban J connectivity index is 1.47. The summed E-state index contributed by atoms with van der Waals surface area (Å²) in [4.78, 5) is 24.0. The molecule has 158 valence electrons. The number of hydrogen-bond donors (Lipinski definition) is 3. The van der Waals surface area contributed by atoms with Crippen LogP contribution in [-0.2, 0) is 14.3 Å². The molecule has 0 spiro atoms. The number of methoxy groups -OCH3 is 1. The average molecular weight is 404 g/mol. The molecule has 8 nitrogen and oxygen atoms in total. The van der Waals surface area contributed by atoms with Gasteiger partial charge in [-0.25, -0.2) is 4.79 Å². The molecule has 1 saturated heterocycles. The highest BCUT2D eigenvalue weighted by Gasteiger charge is 2.46. The lowest BCUT2D eigenvalue weighted by atomic mass is 9.84. The summed E-state index contributed by atoms with van der Waals surface area (Å²) in [7, 11) is 1.35. The van der Waals surface area contributed by atoms with Crippen molar-refractivity contribution in [1.82, 2.24) is 5.32 Å². The highest BCUT2D eigenvalue weighted by atomic mass is 16.6. The number of hydrogen-bond acceptors (Lipinski definition) is 6. The molecule has 2 heterocycles. The van der Waals surface area contributed by atoms with E-state index in [-0.39, 0.29) is 49.2 Å². The van der Waals surface area contributed by atoms with Crippen LogP contribution in [0.3, 0.4) is 0 Å². The van der Waals surface area contributed by atoms with Gasteiger partial charge in [0.15, 0.2) is 0 Å². The first kappa shape index (κ1) is 20.0. The van der Waals surface area contributed by atoms with Crippen molar-refractivity contribution < 1.29 is 28.9 Å². The maximum atomic E-state index is 12.3. The number of esters is 1. The summed E-state index contributed by atoms with van der Waals surface area (Å²) >= 11 is 0. The van der Waals surface area contributed by atoms with Crippen LogP contribution in [0.4, 0.5) is 10.5 Å². The predicted molar refractivity (Wildman–Crippen MR) is 105 cm³/mol. The second kappa shape index (κ2) is 8.59. The molecule has 3 N–H and O–H groups in total. The standard InChI is InChI=1S/C21H28N2O6/c1-27-19(25)10-14-9-16-15-8-13(23-21(26)22-12-4-2-3-5-12)6-7-17(15)29-20(16)18(11-24)28-14/h6-8,12,14,16,18,20,24H,2-5,9-11H2,1H3,(H2,22,23,26)/t14-,16+,18-,20-/m0/s1. The van der Waals surface area contributed by atoms with Gasteiger partial charge in [0, 0.05) is 23.2 Å². The van der Waals surface area contributed by atoms with Crippen LogP contribution in [0.5, 0.6) is 5.75 Å². The predicted octanol–water partition coefficient (Wildman–Crippen LogP) is 2.31. The van der Waals surface area contributed by atoms with Gasteiger partial charge in [0.2, 0.25) is 0 Å². The summed E-state index contributed by atoms with van der Waals surface area (Å²) in [6.45, 7) is -0.193. The maximum absolute atomic E-state index is 12.3. The Morgan fingerprint density at radius 2 is 2.07 bits per heavy atom. The van der Waals surface area contributed by atoms with Gasteiger partial charge in [-0.2, -0.15) is 0 Å². The van der Waals surface area contributed by atoms with Crippen molar-refractivity contribution in [2.45, 2.75) is 68.8 Å². The number of aliphatic hydroxyl groups excluding tert-OH is 1. The van der Waals surface area contributed by atoms with E-state index >= 15 is 0 Å². The first-order valence-electron chi connectivity index (χ1n) is 10.3. The molecule has 29 heavy (non-hydrogen) atoms. The second-order valence-electron chi connectivity index (χ2n) is 8.02. The van der Waals surface area contributed by atoms with E-state index in [1.54, 1.807) is 0 Å². The second-order valence-corrected chi connectivity index (χ2v) is 8.02. The molecule has 1 aromatic rings. The molecule has 2 amide bonds. The zero-order chi connectivity index (χ0) is 20.4. The lowest BCUT2D eigenvalue weighted by molar-refractivity contribution is -0.156. The summed E-state index contributed by atoms with van der Waals surface area (Å²) in [6.07, 6.45) is 3.91. The molecule has 8 heteroatoms. The fraction of sp³-hybridized carbons (Fsp3) is 0.619. The normalized spacial score (nSPS) is 28.2. The average Bonchev–Trinajstić information content (AvgIpc) is 3.34. The zero-order valence-corrected chi connectivity index (χ0v) is 16.6. The molecule has 4 rings (SSSR count). The number of benzene rings is 1. The van der Waals surface area contributed by atoms with Gasteiger partial charge < -0.3 is 30.0 Å². The van der Waals surface area contributed by atoms with Gasteiger partial charge in [-0.15, -0.1) is 0 Å². The number of carbonyl (C=O) groups excluding carboxylic acids is 2. The molecule has 0 bridgehead atoms. The van der Waals surface area contributed by atoms with Gasteiger partial charge in [0.05, 0.1) is 26.2 Å². The van der Waals surface area contributed by atoms with Crippen molar-refractivity contribution in [3.63, 3.8) is 0 Å². The van der Waals surface area contributed by atoms with E-state index in [1.807, 2.05) is 18.2 Å². The summed E-state index contributed by atoms with van der Waals surface area (Å²) in [5, 5.41) is 15.7. The van der Waals surface area contributed by atoms with E-state index < -0.39 is 6.10 Å². The van der Waals surface area contributed by atoms with E-state index in [4.69, 9.17) is 14.2 Å². The third-order valence-electron chi connectivity index (χ3n) is 6.07. The first-order chi connectivity index (χ1) is 14.1. The van der Waals surface area contributed by atoms with Crippen molar-refractivity contribution in [3.8, 4) is 5.75 Å². The number of carbonyl (C=O) groups is 2. The Morgan fingerprint density at radius 3 is 2.79 bits per heavy atom. The topological polar surface area (TPSA) is 106 Å². The van der Waals surface area contributed by atoms with Gasteiger partial charge in [-0.05, 0) is 37.5 Å². The molecule has 1 aliphatic carbocycles. The number of urea groups is 1. The zero-order valence-electron chi connectivity index (χ0n) is 16.6. The summed E-state index contributed by atoms with van der Waals surface area (Å²) < 4.78 is 16.7. The fourth-order valence-electron chi connectivity index (χ4n) is 4.66. The molecule has 0 unspecified atom stereocenters. The minimum atomic E-state index is -0.516. The minimum Gasteiger partial charge on any atom is -0.487 e. The lowest BCUT2D eigenvalue weighted by Crippen LogP contribution is -2.46. The van der Waals surface area contributed by atoms with E-state index in [9.17, 15) is 14.7 Å². The third-order valence-corrected chi connectivity index (χ3v) is 6.07. The van der Waals surface area contributed by atoms with E-state index in [0.717, 1.165) is 37.0 Å². The maximum Gasteiger partial charge on any atom is 0.319 e. The van der Waals surface area contributed by atoms with Crippen LogP contribution in [0.1, 0.15) is 50.0 Å². The first-order valence-corrected chi connectivity index (χ1v) is 10.3. The van der Waals surface area contributed by atoms with E-state index in [0.29, 0.717) is 12.1 Å². The van der Waals surface area contributed by atoms with Gasteiger partial charge in [-0.1, -0.05) is 12.8 Å². The number of ether oxygens (including phenoxy) is 3. The van der Waals surface area contributed by atoms with Crippen LogP contribution < -0.4 is 15.4 Å². The van der Waals surface area contributed by atoms with Crippen LogP contribution in [0.15, 0.2) is 18.2 Å². The van der Waals surface area contributed by atoms with Crippen molar-refractivity contribution in [2.24, 2.45) is 0 Å². The Morgan fingerprint density at radius 1 is 1.28 bits per heavy atom. The van der Waals surface area contributed by atoms with Crippen LogP contribution in [0, 0.1) is 0 Å². The number of rotatable bonds is 5. The molecule has 1 aromatic carbocycles. The molecule has 2 fully saturated rings. The van der Waals surface area contributed by atoms with Crippen molar-refractivity contribution in [1.29, 1.82) is 0 Å². The number of anilines is 1. The molecular formula is C21H28N2O6. The fourth-order valence-corrected chi connectivity index (χ4v) is 4.66. The van der Waals surface area contributed by atoms with Crippen molar-refractivity contribution >= 4 is 17.7 Å². The molecular weight excluding hydrogens is 376 g/mol. The van der Waals surface area contributed by atoms with Crippen molar-refractivity contribution in [3.05, 3.63) is 23.8 Å². The third kappa shape index (κ3) is 4.33. The molecule has 1 saturated carbocycles. The monoisotopic (exact) mass is 404 g/mol. The number of aliphatic hydroxyl groups is 1. The Bertz CT molecular complexity index is 764. The van der Waals surface area contributed by atoms with Crippen LogP contribution in [-0.4, -0.2) is 55.2 Å². The summed E-state index contributed by atoms with van der Waals surface area (Å²) in [6, 6.07) is 5.62. The number of nitrogens with one attached hydrogen (secondary N) is 2. The van der Waals surface area contributed by atoms with Crippen LogP contribution >= 0.6 is 0 Å². The highest BCUT2D eigenvalue weighted by Crippen LogP contribution is 2.47. The van der Waals surface area contributed by atoms with Gasteiger partial charge >= 0.3 is 12.0 Å².